The van der Waals surface area contributed by atoms with Gasteiger partial charge in [-0.15, -0.1) is 23.5 Å². The van der Waals surface area contributed by atoms with Crippen LogP contribution in [0.25, 0.3) is 0 Å². The minimum absolute atomic E-state index is 0. The van der Waals surface area contributed by atoms with Crippen molar-refractivity contribution < 1.29 is 19.1 Å². The van der Waals surface area contributed by atoms with E-state index in [1.54, 1.807) is 99.3 Å². The number of rotatable bonds is 7. The summed E-state index contributed by atoms with van der Waals surface area (Å²) in [7, 11) is 3.21. The smallest absolute Gasteiger partial charge is 0.187 e. The van der Waals surface area contributed by atoms with Gasteiger partial charge in [0.05, 0.1) is 14.2 Å². The first kappa shape index (κ1) is 29.0. The molecule has 0 aliphatic carbocycles. The first-order chi connectivity index (χ1) is 12.9. The highest BCUT2D eigenvalue weighted by atomic mass is 32.2. The molecule has 0 bridgehead atoms. The van der Waals surface area contributed by atoms with E-state index in [1.807, 2.05) is 12.5 Å². The third-order valence-corrected chi connectivity index (χ3v) is 5.56. The van der Waals surface area contributed by atoms with Gasteiger partial charge in [0.1, 0.15) is 11.5 Å². The van der Waals surface area contributed by atoms with Crippen LogP contribution >= 0.6 is 23.5 Å². The van der Waals surface area contributed by atoms with E-state index in [1.165, 1.54) is 0 Å². The van der Waals surface area contributed by atoms with Crippen LogP contribution in [0.1, 0.15) is 42.5 Å². The van der Waals surface area contributed by atoms with Gasteiger partial charge >= 0.3 is 0 Å². The number of ketones is 2. The third-order valence-electron chi connectivity index (χ3n) is 3.52. The van der Waals surface area contributed by atoms with E-state index >= 15 is 0 Å². The Labute approximate surface area is 184 Å². The number of Topliss-reactive ketones (excluding diaryl/α,β-unsaturated/α-hetero) is 1. The molecule has 2 aromatic carbocycles. The largest absolute Gasteiger partial charge is 0.497 e. The van der Waals surface area contributed by atoms with Gasteiger partial charge in [-0.25, -0.2) is 0 Å². The van der Waals surface area contributed by atoms with Crippen molar-refractivity contribution in [3.63, 3.8) is 0 Å². The van der Waals surface area contributed by atoms with Crippen LogP contribution in [0.4, 0.5) is 0 Å². The van der Waals surface area contributed by atoms with Crippen LogP contribution in [0.3, 0.4) is 0 Å². The quantitative estimate of drug-likeness (QED) is 0.359. The molecule has 0 amide bonds. The molecule has 0 radical (unpaired) electrons. The molecule has 160 valence electrons. The molecule has 6 heteroatoms. The summed E-state index contributed by atoms with van der Waals surface area (Å²) in [6, 6.07) is 14.2. The lowest BCUT2D eigenvalue weighted by molar-refractivity contribution is 0.101. The maximum Gasteiger partial charge on any atom is 0.187 e. The zero-order valence-electron chi connectivity index (χ0n) is 16.1. The summed E-state index contributed by atoms with van der Waals surface area (Å²) in [5.74, 6) is 1.64. The number of carbonyl (C=O) groups is 2. The van der Waals surface area contributed by atoms with E-state index < -0.39 is 0 Å². The van der Waals surface area contributed by atoms with Crippen molar-refractivity contribution in [1.82, 2.24) is 0 Å². The highest BCUT2D eigenvalue weighted by Gasteiger charge is 2.04. The van der Waals surface area contributed by atoms with E-state index in [0.717, 1.165) is 15.7 Å². The minimum atomic E-state index is 0. The van der Waals surface area contributed by atoms with Gasteiger partial charge in [-0.1, -0.05) is 14.9 Å². The van der Waals surface area contributed by atoms with Gasteiger partial charge in [-0.3, -0.25) is 9.59 Å². The molecule has 0 aliphatic rings. The SMILES string of the molecule is C.C.COc1ccc(C(=O)C=C(SC)SC)cc1.COc1ccc(C(C)=O)cc1. The van der Waals surface area contributed by atoms with Gasteiger partial charge in [-0.05, 0) is 68.0 Å². The van der Waals surface area contributed by atoms with Crippen LogP contribution in [-0.2, 0) is 0 Å². The molecule has 0 heterocycles. The fraction of sp³-hybridized carbons (Fsp3) is 0.304. The molecule has 2 aromatic rings. The average Bonchev–Trinajstić information content (AvgIpc) is 2.72. The van der Waals surface area contributed by atoms with Crippen molar-refractivity contribution in [2.24, 2.45) is 0 Å². The molecular formula is C23H32O4S2. The lowest BCUT2D eigenvalue weighted by Crippen LogP contribution is -1.95. The standard InChI is InChI=1S/C12H14O2S2.C9H10O2.2CH4/c1-14-10-6-4-9(5-7-10)11(13)8-12(15-2)16-3;1-7(10)8-3-5-9(11-2)6-4-8;;/h4-8H,1-3H3;3-6H,1-2H3;2*1H4. The monoisotopic (exact) mass is 436 g/mol. The van der Waals surface area contributed by atoms with Crippen molar-refractivity contribution in [3.8, 4) is 11.5 Å². The Bertz CT molecular complexity index is 760. The maximum atomic E-state index is 11.8. The molecule has 0 aromatic heterocycles. The van der Waals surface area contributed by atoms with Gasteiger partial charge in [-0.2, -0.15) is 0 Å². The van der Waals surface area contributed by atoms with Gasteiger partial charge in [0, 0.05) is 21.4 Å². The number of carbonyl (C=O) groups excluding carboxylic acids is 2. The highest BCUT2D eigenvalue weighted by molar-refractivity contribution is 8.21. The van der Waals surface area contributed by atoms with Crippen LogP contribution in [0.2, 0.25) is 0 Å². The first-order valence-corrected chi connectivity index (χ1v) is 10.5. The summed E-state index contributed by atoms with van der Waals surface area (Å²) in [5.41, 5.74) is 1.40. The molecule has 0 saturated heterocycles. The fourth-order valence-electron chi connectivity index (χ4n) is 1.97. The van der Waals surface area contributed by atoms with Crippen molar-refractivity contribution >= 4 is 35.1 Å². The zero-order chi connectivity index (χ0) is 20.2. The molecule has 0 saturated carbocycles. The molecule has 29 heavy (non-hydrogen) atoms. The lowest BCUT2D eigenvalue weighted by atomic mass is 10.1. The summed E-state index contributed by atoms with van der Waals surface area (Å²) in [6.07, 6.45) is 5.59. The Morgan fingerprint density at radius 2 is 1.14 bits per heavy atom. The predicted octanol–water partition coefficient (Wildman–Crippen LogP) is 6.62. The Hall–Kier alpha value is -2.18. The third kappa shape index (κ3) is 10.2. The summed E-state index contributed by atoms with van der Waals surface area (Å²) in [5, 5.41) is 0. The molecule has 0 fully saturated rings. The average molecular weight is 437 g/mol. The van der Waals surface area contributed by atoms with Crippen LogP contribution in [-0.4, -0.2) is 38.3 Å². The molecule has 0 atom stereocenters. The summed E-state index contributed by atoms with van der Waals surface area (Å²) in [4.78, 5) is 22.6. The van der Waals surface area contributed by atoms with Crippen molar-refractivity contribution in [1.29, 1.82) is 0 Å². The highest BCUT2D eigenvalue weighted by Crippen LogP contribution is 2.24. The Kier molecular flexibility index (Phi) is 15.7. The molecule has 4 nitrogen and oxygen atoms in total. The normalized spacial score (nSPS) is 8.86. The second kappa shape index (κ2) is 15.7. The van der Waals surface area contributed by atoms with Crippen LogP contribution in [0.5, 0.6) is 11.5 Å². The first-order valence-electron chi connectivity index (χ1n) is 8.08. The minimum Gasteiger partial charge on any atom is -0.497 e. The molecule has 2 rings (SSSR count). The number of thioether (sulfide) groups is 2. The van der Waals surface area contributed by atoms with Crippen LogP contribution in [0.15, 0.2) is 58.8 Å². The fourth-order valence-corrected chi connectivity index (χ4v) is 3.09. The molecule has 0 spiro atoms. The van der Waals surface area contributed by atoms with Gasteiger partial charge in [0.25, 0.3) is 0 Å². The van der Waals surface area contributed by atoms with Gasteiger partial charge in [0.15, 0.2) is 11.6 Å². The summed E-state index contributed by atoms with van der Waals surface area (Å²) in [6.45, 7) is 1.54. The number of ether oxygens (including phenoxy) is 2. The zero-order valence-corrected chi connectivity index (χ0v) is 17.8. The molecule has 0 unspecified atom stereocenters. The van der Waals surface area contributed by atoms with E-state index in [-0.39, 0.29) is 26.4 Å². The van der Waals surface area contributed by atoms with Crippen molar-refractivity contribution in [2.45, 2.75) is 21.8 Å². The molecule has 0 aliphatic heterocycles. The maximum absolute atomic E-state index is 11.8. The molecular weight excluding hydrogens is 404 g/mol. The second-order valence-corrected chi connectivity index (χ2v) is 7.20. The topological polar surface area (TPSA) is 52.6 Å². The lowest BCUT2D eigenvalue weighted by Gasteiger charge is -2.01. The second-order valence-electron chi connectivity index (χ2n) is 5.25. The number of hydrogen-bond donors (Lipinski definition) is 0. The Morgan fingerprint density at radius 1 is 0.759 bits per heavy atom. The number of methoxy groups -OCH3 is 2. The van der Waals surface area contributed by atoms with Crippen LogP contribution < -0.4 is 9.47 Å². The van der Waals surface area contributed by atoms with Gasteiger partial charge in [0.2, 0.25) is 0 Å². The summed E-state index contributed by atoms with van der Waals surface area (Å²) >= 11 is 3.16. The number of hydrogen-bond acceptors (Lipinski definition) is 6. The van der Waals surface area contributed by atoms with Crippen molar-refractivity contribution in [2.75, 3.05) is 26.7 Å². The van der Waals surface area contributed by atoms with Gasteiger partial charge < -0.3 is 9.47 Å². The predicted molar refractivity (Wildman–Crippen MR) is 129 cm³/mol. The van der Waals surface area contributed by atoms with E-state index in [4.69, 9.17) is 9.47 Å². The van der Waals surface area contributed by atoms with E-state index in [9.17, 15) is 9.59 Å². The molecule has 0 N–H and O–H groups in total. The van der Waals surface area contributed by atoms with Crippen molar-refractivity contribution in [3.05, 3.63) is 70.0 Å². The van der Waals surface area contributed by atoms with Crippen LogP contribution in [0, 0.1) is 0 Å². The van der Waals surface area contributed by atoms with E-state index in [2.05, 4.69) is 0 Å². The number of allylic oxidation sites excluding steroid dienone is 1. The Balaban J connectivity index is 0. The Morgan fingerprint density at radius 3 is 1.45 bits per heavy atom. The summed E-state index contributed by atoms with van der Waals surface area (Å²) < 4.78 is 11.0. The number of benzene rings is 2. The van der Waals surface area contributed by atoms with E-state index in [0.29, 0.717) is 11.1 Å².